The first kappa shape index (κ1) is 25.4. The minimum atomic E-state index is -4.42. The Morgan fingerprint density at radius 2 is 1.74 bits per heavy atom. The molecule has 0 unspecified atom stereocenters. The molecule has 1 fully saturated rings. The fourth-order valence-electron chi connectivity index (χ4n) is 4.41. The lowest BCUT2D eigenvalue weighted by molar-refractivity contribution is -0.143. The van der Waals surface area contributed by atoms with Crippen LogP contribution in [-0.4, -0.2) is 58.2 Å². The Hall–Kier alpha value is -2.69. The average Bonchev–Trinajstić information content (AvgIpc) is 3.34. The maximum atomic E-state index is 13.1. The van der Waals surface area contributed by atoms with Crippen molar-refractivity contribution < 1.29 is 18.0 Å². The summed E-state index contributed by atoms with van der Waals surface area (Å²) in [6.07, 6.45) is -3.47. The van der Waals surface area contributed by atoms with Gasteiger partial charge >= 0.3 is 6.18 Å². The maximum absolute atomic E-state index is 13.1. The van der Waals surface area contributed by atoms with Crippen LogP contribution in [0, 0.1) is 13.8 Å². The Morgan fingerprint density at radius 1 is 1.06 bits per heavy atom. The van der Waals surface area contributed by atoms with E-state index >= 15 is 0 Å². The lowest BCUT2D eigenvalue weighted by atomic mass is 10.1. The van der Waals surface area contributed by atoms with Crippen LogP contribution < -0.4 is 5.32 Å². The van der Waals surface area contributed by atoms with Gasteiger partial charge in [-0.05, 0) is 62.7 Å². The third-order valence-electron chi connectivity index (χ3n) is 6.26. The number of hydrogen-bond donors (Lipinski definition) is 1. The van der Waals surface area contributed by atoms with Gasteiger partial charge in [0, 0.05) is 37.2 Å². The van der Waals surface area contributed by atoms with Gasteiger partial charge in [0.25, 0.3) is 0 Å². The molecule has 0 saturated carbocycles. The van der Waals surface area contributed by atoms with E-state index in [9.17, 15) is 18.0 Å². The van der Waals surface area contributed by atoms with E-state index in [1.54, 1.807) is 0 Å². The van der Waals surface area contributed by atoms with Crippen LogP contribution in [0.4, 0.5) is 18.9 Å². The number of amides is 1. The standard InChI is InChI=1S/C25H30F3N5OS/c1-17-6-4-7-18(2)24(17)29-23(34)16-33-11-5-10-32(12-13-33)15-19-8-9-21(35-19)20-14-22(25(26,27)28)31(3)30-20/h4,6-9,14H,5,10-13,15-16H2,1-3H3,(H,29,34). The number of thiophene rings is 1. The van der Waals surface area contributed by atoms with Crippen LogP contribution >= 0.6 is 11.3 Å². The SMILES string of the molecule is Cc1cccc(C)c1NC(=O)CN1CCCN(Cc2ccc(-c3cc(C(F)(F)F)n(C)n3)s2)CC1. The number of para-hydroxylation sites is 1. The van der Waals surface area contributed by atoms with E-state index in [4.69, 9.17) is 0 Å². The van der Waals surface area contributed by atoms with Crippen molar-refractivity contribution >= 4 is 22.9 Å². The molecule has 0 radical (unpaired) electrons. The Bertz CT molecular complexity index is 1170. The maximum Gasteiger partial charge on any atom is 0.433 e. The van der Waals surface area contributed by atoms with Gasteiger partial charge < -0.3 is 5.32 Å². The zero-order valence-electron chi connectivity index (χ0n) is 20.2. The number of carbonyl (C=O) groups excluding carboxylic acids is 1. The summed E-state index contributed by atoms with van der Waals surface area (Å²) in [7, 11) is 1.31. The minimum absolute atomic E-state index is 0.00710. The van der Waals surface area contributed by atoms with E-state index in [1.165, 1.54) is 18.4 Å². The summed E-state index contributed by atoms with van der Waals surface area (Å²) in [6.45, 7) is 8.43. The first-order valence-electron chi connectivity index (χ1n) is 11.6. The van der Waals surface area contributed by atoms with Gasteiger partial charge in [-0.2, -0.15) is 18.3 Å². The topological polar surface area (TPSA) is 53.4 Å². The molecule has 1 aliphatic heterocycles. The highest BCUT2D eigenvalue weighted by molar-refractivity contribution is 7.15. The Labute approximate surface area is 207 Å². The number of hydrogen-bond acceptors (Lipinski definition) is 5. The molecule has 0 spiro atoms. The third-order valence-corrected chi connectivity index (χ3v) is 7.35. The number of carbonyl (C=O) groups is 1. The number of anilines is 1. The number of rotatable bonds is 6. The largest absolute Gasteiger partial charge is 0.433 e. The second-order valence-electron chi connectivity index (χ2n) is 9.02. The van der Waals surface area contributed by atoms with Crippen LogP contribution in [0.5, 0.6) is 0 Å². The number of alkyl halides is 3. The van der Waals surface area contributed by atoms with Crippen LogP contribution in [0.15, 0.2) is 36.4 Å². The molecule has 3 aromatic rings. The van der Waals surface area contributed by atoms with Gasteiger partial charge in [0.1, 0.15) is 11.4 Å². The number of aryl methyl sites for hydroxylation is 3. The van der Waals surface area contributed by atoms with Gasteiger partial charge in [0.05, 0.1) is 11.4 Å². The summed E-state index contributed by atoms with van der Waals surface area (Å²) in [4.78, 5) is 19.0. The van der Waals surface area contributed by atoms with Crippen LogP contribution in [-0.2, 0) is 24.6 Å². The molecule has 188 valence electrons. The molecular formula is C25H30F3N5OS. The summed E-state index contributed by atoms with van der Waals surface area (Å²) in [5, 5.41) is 7.11. The van der Waals surface area contributed by atoms with Crippen LogP contribution in [0.2, 0.25) is 0 Å². The predicted molar refractivity (Wildman–Crippen MR) is 132 cm³/mol. The first-order chi connectivity index (χ1) is 16.6. The highest BCUT2D eigenvalue weighted by atomic mass is 32.1. The van der Waals surface area contributed by atoms with E-state index in [0.29, 0.717) is 12.2 Å². The lowest BCUT2D eigenvalue weighted by Gasteiger charge is -2.21. The molecule has 1 saturated heterocycles. The van der Waals surface area contributed by atoms with E-state index in [-0.39, 0.29) is 5.91 Å². The van der Waals surface area contributed by atoms with Crippen molar-refractivity contribution in [1.29, 1.82) is 0 Å². The fraction of sp³-hybridized carbons (Fsp3) is 0.440. The quantitative estimate of drug-likeness (QED) is 0.516. The van der Waals surface area contributed by atoms with E-state index in [0.717, 1.165) is 76.5 Å². The normalized spacial score (nSPS) is 15.8. The highest BCUT2D eigenvalue weighted by Gasteiger charge is 2.35. The van der Waals surface area contributed by atoms with Gasteiger partial charge in [-0.25, -0.2) is 0 Å². The van der Waals surface area contributed by atoms with E-state index in [2.05, 4.69) is 20.2 Å². The third kappa shape index (κ3) is 6.31. The summed E-state index contributed by atoms with van der Waals surface area (Å²) >= 11 is 1.47. The summed E-state index contributed by atoms with van der Waals surface area (Å²) in [5.41, 5.74) is 2.58. The zero-order valence-corrected chi connectivity index (χ0v) is 21.0. The molecule has 1 aromatic carbocycles. The van der Waals surface area contributed by atoms with Crippen molar-refractivity contribution in [2.75, 3.05) is 38.0 Å². The number of halogens is 3. The van der Waals surface area contributed by atoms with Gasteiger partial charge in [-0.3, -0.25) is 19.3 Å². The molecule has 35 heavy (non-hydrogen) atoms. The molecule has 1 aliphatic rings. The van der Waals surface area contributed by atoms with Crippen LogP contribution in [0.1, 0.15) is 28.1 Å². The molecule has 10 heteroatoms. The van der Waals surface area contributed by atoms with Crippen LogP contribution in [0.3, 0.4) is 0 Å². The van der Waals surface area contributed by atoms with Crippen molar-refractivity contribution in [3.8, 4) is 10.6 Å². The minimum Gasteiger partial charge on any atom is -0.324 e. The Kier molecular flexibility index (Phi) is 7.63. The fourth-order valence-corrected chi connectivity index (χ4v) is 5.41. The zero-order chi connectivity index (χ0) is 25.2. The summed E-state index contributed by atoms with van der Waals surface area (Å²) in [6, 6.07) is 10.9. The monoisotopic (exact) mass is 505 g/mol. The van der Waals surface area contributed by atoms with Crippen molar-refractivity contribution in [3.63, 3.8) is 0 Å². The van der Waals surface area contributed by atoms with Crippen molar-refractivity contribution in [3.05, 3.63) is 58.1 Å². The highest BCUT2D eigenvalue weighted by Crippen LogP contribution is 2.34. The van der Waals surface area contributed by atoms with Crippen LogP contribution in [0.25, 0.3) is 10.6 Å². The molecule has 0 bridgehead atoms. The predicted octanol–water partition coefficient (Wildman–Crippen LogP) is 4.93. The molecular weight excluding hydrogens is 475 g/mol. The smallest absolute Gasteiger partial charge is 0.324 e. The van der Waals surface area contributed by atoms with Crippen molar-refractivity contribution in [2.45, 2.75) is 33.0 Å². The number of benzene rings is 1. The van der Waals surface area contributed by atoms with Gasteiger partial charge in [0.15, 0.2) is 0 Å². The average molecular weight is 506 g/mol. The van der Waals surface area contributed by atoms with E-state index in [1.807, 2.05) is 44.2 Å². The molecule has 2 aromatic heterocycles. The second kappa shape index (κ2) is 10.5. The summed E-state index contributed by atoms with van der Waals surface area (Å²) in [5.74, 6) is -0.00710. The molecule has 0 aliphatic carbocycles. The van der Waals surface area contributed by atoms with E-state index < -0.39 is 11.9 Å². The molecule has 0 atom stereocenters. The van der Waals surface area contributed by atoms with Gasteiger partial charge in [-0.15, -0.1) is 11.3 Å². The Balaban J connectivity index is 1.31. The molecule has 3 heterocycles. The van der Waals surface area contributed by atoms with Gasteiger partial charge in [0.2, 0.25) is 5.91 Å². The number of aromatic nitrogens is 2. The Morgan fingerprint density at radius 3 is 2.43 bits per heavy atom. The molecule has 1 amide bonds. The number of nitrogens with zero attached hydrogens (tertiary/aromatic N) is 4. The summed E-state index contributed by atoms with van der Waals surface area (Å²) < 4.78 is 40.2. The molecule has 1 N–H and O–H groups in total. The van der Waals surface area contributed by atoms with Gasteiger partial charge in [-0.1, -0.05) is 18.2 Å². The second-order valence-corrected chi connectivity index (χ2v) is 10.2. The van der Waals surface area contributed by atoms with Crippen molar-refractivity contribution in [1.82, 2.24) is 19.6 Å². The number of nitrogens with one attached hydrogen (secondary N) is 1. The molecule has 4 rings (SSSR count). The first-order valence-corrected chi connectivity index (χ1v) is 12.4. The van der Waals surface area contributed by atoms with Crippen molar-refractivity contribution in [2.24, 2.45) is 7.05 Å². The lowest BCUT2D eigenvalue weighted by Crippen LogP contribution is -2.36. The molecule has 6 nitrogen and oxygen atoms in total.